The second-order valence-corrected chi connectivity index (χ2v) is 7.38. The first kappa shape index (κ1) is 19.2. The summed E-state index contributed by atoms with van der Waals surface area (Å²) < 4.78 is 0. The first-order chi connectivity index (χ1) is 12.9. The molecular formula is C20H28N6O. The highest BCUT2D eigenvalue weighted by Crippen LogP contribution is 2.25. The topological polar surface area (TPSA) is 74.2 Å². The van der Waals surface area contributed by atoms with E-state index in [9.17, 15) is 4.79 Å². The van der Waals surface area contributed by atoms with Gasteiger partial charge in [0, 0.05) is 62.9 Å². The van der Waals surface area contributed by atoms with E-state index in [-0.39, 0.29) is 17.8 Å². The van der Waals surface area contributed by atoms with Crippen LogP contribution in [-0.4, -0.2) is 59.0 Å². The molecule has 1 N–H and O–H groups in total. The van der Waals surface area contributed by atoms with Crippen LogP contribution < -0.4 is 10.2 Å². The quantitative estimate of drug-likeness (QED) is 0.871. The smallest absolute Gasteiger partial charge is 0.291 e. The van der Waals surface area contributed by atoms with Crippen molar-refractivity contribution >= 4 is 11.7 Å². The molecule has 7 heteroatoms. The van der Waals surface area contributed by atoms with Crippen molar-refractivity contribution in [3.05, 3.63) is 47.2 Å². The summed E-state index contributed by atoms with van der Waals surface area (Å²) in [6.07, 6.45) is 4.68. The molecule has 1 aliphatic heterocycles. The molecule has 0 radical (unpaired) electrons. The van der Waals surface area contributed by atoms with Gasteiger partial charge in [-0.3, -0.25) is 9.78 Å². The number of carbonyl (C=O) groups is 1. The zero-order valence-corrected chi connectivity index (χ0v) is 16.7. The molecular weight excluding hydrogens is 340 g/mol. The van der Waals surface area contributed by atoms with E-state index in [4.69, 9.17) is 0 Å². The molecule has 2 aromatic heterocycles. The molecule has 3 rings (SSSR count). The molecule has 1 aliphatic rings. The van der Waals surface area contributed by atoms with Crippen molar-refractivity contribution in [3.63, 3.8) is 0 Å². The van der Waals surface area contributed by atoms with Crippen LogP contribution in [0.2, 0.25) is 0 Å². The number of nitrogens with zero attached hydrogens (tertiary/aromatic N) is 5. The Kier molecular flexibility index (Phi) is 5.70. The third-order valence-corrected chi connectivity index (χ3v) is 5.14. The molecule has 1 unspecified atom stereocenters. The molecule has 7 nitrogen and oxygen atoms in total. The predicted molar refractivity (Wildman–Crippen MR) is 106 cm³/mol. The van der Waals surface area contributed by atoms with Gasteiger partial charge in [-0.2, -0.15) is 0 Å². The van der Waals surface area contributed by atoms with Gasteiger partial charge in [0.2, 0.25) is 5.82 Å². The minimum Gasteiger partial charge on any atom is -0.355 e. The summed E-state index contributed by atoms with van der Waals surface area (Å²) in [5.41, 5.74) is 3.12. The third kappa shape index (κ3) is 4.24. The van der Waals surface area contributed by atoms with Crippen LogP contribution in [0.5, 0.6) is 0 Å². The maximum Gasteiger partial charge on any atom is 0.291 e. The Morgan fingerprint density at radius 1 is 1.26 bits per heavy atom. The number of nitrogens with one attached hydrogen (secondary N) is 1. The summed E-state index contributed by atoms with van der Waals surface area (Å²) in [7, 11) is 3.44. The summed E-state index contributed by atoms with van der Waals surface area (Å²) >= 11 is 0. The van der Waals surface area contributed by atoms with Gasteiger partial charge in [0.1, 0.15) is 5.82 Å². The van der Waals surface area contributed by atoms with Gasteiger partial charge in [-0.25, -0.2) is 9.97 Å². The maximum atomic E-state index is 12.3. The number of aryl methyl sites for hydroxylation is 1. The second-order valence-electron chi connectivity index (χ2n) is 7.38. The summed E-state index contributed by atoms with van der Waals surface area (Å²) in [4.78, 5) is 29.1. The molecule has 0 bridgehead atoms. The van der Waals surface area contributed by atoms with Gasteiger partial charge in [0.25, 0.3) is 5.91 Å². The Labute approximate surface area is 160 Å². The highest BCUT2D eigenvalue weighted by atomic mass is 16.2. The molecule has 2 atom stereocenters. The second kappa shape index (κ2) is 8.00. The zero-order valence-electron chi connectivity index (χ0n) is 16.7. The monoisotopic (exact) mass is 368 g/mol. The van der Waals surface area contributed by atoms with Gasteiger partial charge in [-0.05, 0) is 44.9 Å². The highest BCUT2D eigenvalue weighted by Gasteiger charge is 2.27. The van der Waals surface area contributed by atoms with Crippen molar-refractivity contribution in [3.8, 4) is 0 Å². The van der Waals surface area contributed by atoms with Crippen LogP contribution in [0.4, 0.5) is 5.82 Å². The first-order valence-corrected chi connectivity index (χ1v) is 9.34. The molecule has 0 saturated carbocycles. The molecule has 2 aromatic rings. The van der Waals surface area contributed by atoms with E-state index in [1.807, 2.05) is 38.4 Å². The SMILES string of the molecule is Cc1nc(C(=O)N(C)C)nc(N2CC[C@@H](NC(C)c3ccncc3)C2)c1C. The lowest BCUT2D eigenvalue weighted by Gasteiger charge is -2.23. The fourth-order valence-electron chi connectivity index (χ4n) is 3.41. The summed E-state index contributed by atoms with van der Waals surface area (Å²) in [5, 5.41) is 3.70. The van der Waals surface area contributed by atoms with E-state index < -0.39 is 0 Å². The van der Waals surface area contributed by atoms with Crippen LogP contribution in [0.15, 0.2) is 24.5 Å². The van der Waals surface area contributed by atoms with Crippen LogP contribution in [0, 0.1) is 13.8 Å². The van der Waals surface area contributed by atoms with E-state index in [2.05, 4.69) is 32.1 Å². The Morgan fingerprint density at radius 2 is 1.96 bits per heavy atom. The van der Waals surface area contributed by atoms with Crippen LogP contribution in [0.25, 0.3) is 0 Å². The van der Waals surface area contributed by atoms with Gasteiger partial charge in [0.15, 0.2) is 0 Å². The number of hydrogen-bond acceptors (Lipinski definition) is 6. The van der Waals surface area contributed by atoms with E-state index in [1.54, 1.807) is 14.1 Å². The molecule has 144 valence electrons. The molecule has 0 aliphatic carbocycles. The molecule has 1 saturated heterocycles. The average Bonchev–Trinajstić information content (AvgIpc) is 3.12. The summed E-state index contributed by atoms with van der Waals surface area (Å²) in [6.45, 7) is 7.90. The van der Waals surface area contributed by atoms with Crippen LogP contribution >= 0.6 is 0 Å². The van der Waals surface area contributed by atoms with E-state index in [0.717, 1.165) is 36.6 Å². The minimum absolute atomic E-state index is 0.167. The standard InChI is InChI=1S/C20H28N6O/c1-13-14(2)23-18(20(27)25(4)5)24-19(13)26-11-8-17(12-26)22-15(3)16-6-9-21-10-7-16/h6-7,9-10,15,17,22H,8,11-12H2,1-5H3/t15?,17-/m1/s1. The predicted octanol–water partition coefficient (Wildman–Crippen LogP) is 2.12. The number of anilines is 1. The number of pyridine rings is 1. The fourth-order valence-corrected chi connectivity index (χ4v) is 3.41. The Balaban J connectivity index is 1.74. The van der Waals surface area contributed by atoms with E-state index in [1.165, 1.54) is 10.5 Å². The van der Waals surface area contributed by atoms with Crippen LogP contribution in [0.3, 0.4) is 0 Å². The van der Waals surface area contributed by atoms with Crippen molar-refractivity contribution in [2.75, 3.05) is 32.1 Å². The maximum absolute atomic E-state index is 12.3. The van der Waals surface area contributed by atoms with Gasteiger partial charge in [-0.15, -0.1) is 0 Å². The Morgan fingerprint density at radius 3 is 2.63 bits per heavy atom. The van der Waals surface area contributed by atoms with Crippen LogP contribution in [0.1, 0.15) is 46.8 Å². The molecule has 0 aromatic carbocycles. The Hall–Kier alpha value is -2.54. The molecule has 0 spiro atoms. The summed E-state index contributed by atoms with van der Waals surface area (Å²) in [5.74, 6) is 0.966. The van der Waals surface area contributed by atoms with Crippen molar-refractivity contribution in [1.29, 1.82) is 0 Å². The highest BCUT2D eigenvalue weighted by molar-refractivity contribution is 5.90. The fraction of sp³-hybridized carbons (Fsp3) is 0.500. The number of rotatable bonds is 5. The van der Waals surface area contributed by atoms with Crippen LogP contribution in [-0.2, 0) is 0 Å². The number of aromatic nitrogens is 3. The molecule has 1 amide bonds. The largest absolute Gasteiger partial charge is 0.355 e. The van der Waals surface area contributed by atoms with Crippen molar-refractivity contribution in [2.24, 2.45) is 0 Å². The molecule has 27 heavy (non-hydrogen) atoms. The minimum atomic E-state index is -0.167. The van der Waals surface area contributed by atoms with Gasteiger partial charge < -0.3 is 15.1 Å². The lowest BCUT2D eigenvalue weighted by molar-refractivity contribution is 0.0815. The first-order valence-electron chi connectivity index (χ1n) is 9.34. The lowest BCUT2D eigenvalue weighted by atomic mass is 10.1. The molecule has 3 heterocycles. The molecule has 1 fully saturated rings. The lowest BCUT2D eigenvalue weighted by Crippen LogP contribution is -2.35. The van der Waals surface area contributed by atoms with Gasteiger partial charge in [0.05, 0.1) is 0 Å². The van der Waals surface area contributed by atoms with Crippen molar-refractivity contribution < 1.29 is 4.79 Å². The third-order valence-electron chi connectivity index (χ3n) is 5.14. The van der Waals surface area contributed by atoms with E-state index >= 15 is 0 Å². The van der Waals surface area contributed by atoms with Crippen molar-refractivity contribution in [2.45, 2.75) is 39.3 Å². The number of amides is 1. The van der Waals surface area contributed by atoms with Gasteiger partial charge in [-0.1, -0.05) is 0 Å². The normalized spacial score (nSPS) is 17.8. The van der Waals surface area contributed by atoms with Crippen molar-refractivity contribution in [1.82, 2.24) is 25.2 Å². The average molecular weight is 368 g/mol. The Bertz CT molecular complexity index is 808. The number of hydrogen-bond donors (Lipinski definition) is 1. The van der Waals surface area contributed by atoms with Gasteiger partial charge >= 0.3 is 0 Å². The zero-order chi connectivity index (χ0) is 19.6. The number of carbonyl (C=O) groups excluding carboxylic acids is 1. The van der Waals surface area contributed by atoms with E-state index in [0.29, 0.717) is 6.04 Å². The summed E-state index contributed by atoms with van der Waals surface area (Å²) in [6, 6.07) is 4.72.